The van der Waals surface area contributed by atoms with Crippen molar-refractivity contribution in [2.24, 2.45) is 0 Å². The predicted molar refractivity (Wildman–Crippen MR) is 113 cm³/mol. The quantitative estimate of drug-likeness (QED) is 0.697. The van der Waals surface area contributed by atoms with Crippen LogP contribution in [0.4, 0.5) is 5.69 Å². The number of fused-ring (bicyclic) bond motifs is 1. The van der Waals surface area contributed by atoms with Gasteiger partial charge >= 0.3 is 0 Å². The highest BCUT2D eigenvalue weighted by molar-refractivity contribution is 7.89. The van der Waals surface area contributed by atoms with Gasteiger partial charge in [0.1, 0.15) is 10.6 Å². The number of carbonyl (C=O) groups excluding carboxylic acids is 2. The summed E-state index contributed by atoms with van der Waals surface area (Å²) in [4.78, 5) is 25.5. The summed E-state index contributed by atoms with van der Waals surface area (Å²) >= 11 is 6.16. The van der Waals surface area contributed by atoms with Crippen LogP contribution in [-0.4, -0.2) is 56.2 Å². The van der Waals surface area contributed by atoms with Gasteiger partial charge in [0.2, 0.25) is 15.9 Å². The van der Waals surface area contributed by atoms with Gasteiger partial charge in [0.05, 0.1) is 17.3 Å². The van der Waals surface area contributed by atoms with Crippen LogP contribution in [0.15, 0.2) is 47.4 Å². The number of sulfonamides is 1. The number of halogens is 1. The highest BCUT2D eigenvalue weighted by Crippen LogP contribution is 2.36. The zero-order valence-corrected chi connectivity index (χ0v) is 18.2. The van der Waals surface area contributed by atoms with Crippen molar-refractivity contribution < 1.29 is 22.7 Å². The van der Waals surface area contributed by atoms with E-state index in [1.165, 1.54) is 19.2 Å². The summed E-state index contributed by atoms with van der Waals surface area (Å²) in [5.41, 5.74) is 1.25. The molecule has 0 bridgehead atoms. The van der Waals surface area contributed by atoms with Crippen molar-refractivity contribution in [3.63, 3.8) is 0 Å². The van der Waals surface area contributed by atoms with Crippen molar-refractivity contribution >= 4 is 39.1 Å². The fourth-order valence-corrected chi connectivity index (χ4v) is 4.64. The maximum absolute atomic E-state index is 13.0. The summed E-state index contributed by atoms with van der Waals surface area (Å²) in [5.74, 6) is -0.475. The Balaban J connectivity index is 1.77. The van der Waals surface area contributed by atoms with Gasteiger partial charge in [-0.2, -0.15) is 4.31 Å². The van der Waals surface area contributed by atoms with E-state index in [4.69, 9.17) is 16.3 Å². The average molecular weight is 452 g/mol. The van der Waals surface area contributed by atoms with E-state index >= 15 is 0 Å². The Hall–Kier alpha value is -2.62. The van der Waals surface area contributed by atoms with Crippen molar-refractivity contribution in [2.45, 2.75) is 18.4 Å². The van der Waals surface area contributed by atoms with Crippen LogP contribution >= 0.6 is 11.6 Å². The van der Waals surface area contributed by atoms with Gasteiger partial charge < -0.3 is 15.0 Å². The molecule has 1 heterocycles. The van der Waals surface area contributed by atoms with E-state index in [0.29, 0.717) is 18.8 Å². The minimum Gasteiger partial charge on any atom is -0.482 e. The average Bonchev–Trinajstić information content (AvgIpc) is 2.71. The molecule has 0 saturated carbocycles. The Kier molecular flexibility index (Phi) is 6.64. The van der Waals surface area contributed by atoms with E-state index in [9.17, 15) is 18.0 Å². The normalized spacial score (nSPS) is 13.4. The minimum atomic E-state index is -4.07. The molecular weight excluding hydrogens is 430 g/mol. The standard InChI is InChI=1S/C20H22ClN3O5S/c1-3-24(11-14-7-5-4-6-8-14)20(26)12-23(2)30(27,28)18-10-17-16(9-15(18)21)22-19(25)13-29-17/h4-10H,3,11-13H2,1-2H3,(H,22,25). The van der Waals surface area contributed by atoms with Crippen LogP contribution in [0.5, 0.6) is 5.75 Å². The molecule has 0 unspecified atom stereocenters. The Morgan fingerprint density at radius 3 is 2.60 bits per heavy atom. The third-order valence-corrected chi connectivity index (χ3v) is 6.93. The van der Waals surface area contributed by atoms with E-state index in [2.05, 4.69) is 5.32 Å². The van der Waals surface area contributed by atoms with Gasteiger partial charge in [-0.05, 0) is 18.6 Å². The molecule has 0 aliphatic carbocycles. The Morgan fingerprint density at radius 2 is 1.93 bits per heavy atom. The summed E-state index contributed by atoms with van der Waals surface area (Å²) in [7, 11) is -2.74. The molecule has 3 rings (SSSR count). The van der Waals surface area contributed by atoms with Crippen molar-refractivity contribution in [2.75, 3.05) is 32.1 Å². The molecule has 10 heteroatoms. The van der Waals surface area contributed by atoms with Gasteiger partial charge in [-0.15, -0.1) is 0 Å². The molecule has 1 aliphatic rings. The van der Waals surface area contributed by atoms with Crippen molar-refractivity contribution in [1.82, 2.24) is 9.21 Å². The second-order valence-corrected chi connectivity index (χ2v) is 9.19. The summed E-state index contributed by atoms with van der Waals surface area (Å²) in [6.45, 7) is 2.11. The summed E-state index contributed by atoms with van der Waals surface area (Å²) < 4.78 is 32.3. The molecule has 2 aromatic carbocycles. The third kappa shape index (κ3) is 4.75. The van der Waals surface area contributed by atoms with Crippen LogP contribution < -0.4 is 10.1 Å². The topological polar surface area (TPSA) is 96.0 Å². The number of nitrogens with zero attached hydrogens (tertiary/aromatic N) is 2. The lowest BCUT2D eigenvalue weighted by molar-refractivity contribution is -0.131. The van der Waals surface area contributed by atoms with E-state index in [-0.39, 0.29) is 40.6 Å². The fraction of sp³-hybridized carbons (Fsp3) is 0.300. The number of anilines is 1. The van der Waals surface area contributed by atoms with Gasteiger partial charge in [0.15, 0.2) is 6.61 Å². The summed E-state index contributed by atoms with van der Waals surface area (Å²) in [6, 6.07) is 12.0. The molecule has 2 aromatic rings. The maximum Gasteiger partial charge on any atom is 0.262 e. The highest BCUT2D eigenvalue weighted by atomic mass is 35.5. The molecule has 0 atom stereocenters. The SMILES string of the molecule is CCN(Cc1ccccc1)C(=O)CN(C)S(=O)(=O)c1cc2c(cc1Cl)NC(=O)CO2. The number of likely N-dealkylation sites (N-methyl/N-ethyl adjacent to an activating group) is 2. The number of ether oxygens (including phenoxy) is 1. The number of benzene rings is 2. The summed E-state index contributed by atoms with van der Waals surface area (Å²) in [5, 5.41) is 2.50. The van der Waals surface area contributed by atoms with E-state index < -0.39 is 10.0 Å². The van der Waals surface area contributed by atoms with Crippen molar-refractivity contribution in [3.8, 4) is 5.75 Å². The van der Waals surface area contributed by atoms with Gasteiger partial charge in [-0.3, -0.25) is 9.59 Å². The monoisotopic (exact) mass is 451 g/mol. The van der Waals surface area contributed by atoms with Crippen LogP contribution in [0.3, 0.4) is 0 Å². The second kappa shape index (κ2) is 9.03. The van der Waals surface area contributed by atoms with Crippen LogP contribution in [0, 0.1) is 0 Å². The number of carbonyl (C=O) groups is 2. The molecule has 8 nitrogen and oxygen atoms in total. The summed E-state index contributed by atoms with van der Waals surface area (Å²) in [6.07, 6.45) is 0. The van der Waals surface area contributed by atoms with E-state index in [1.54, 1.807) is 4.90 Å². The van der Waals surface area contributed by atoms with E-state index in [0.717, 1.165) is 9.87 Å². The van der Waals surface area contributed by atoms with Gasteiger partial charge in [0, 0.05) is 26.2 Å². The molecule has 1 aliphatic heterocycles. The fourth-order valence-electron chi connectivity index (χ4n) is 3.00. The first-order valence-corrected chi connectivity index (χ1v) is 11.1. The number of hydrogen-bond donors (Lipinski definition) is 1. The highest BCUT2D eigenvalue weighted by Gasteiger charge is 2.29. The number of rotatable bonds is 7. The zero-order valence-electron chi connectivity index (χ0n) is 16.6. The molecule has 30 heavy (non-hydrogen) atoms. The molecule has 160 valence electrons. The first-order chi connectivity index (χ1) is 14.2. The van der Waals surface area contributed by atoms with Crippen LogP contribution in [-0.2, 0) is 26.2 Å². The number of nitrogens with one attached hydrogen (secondary N) is 1. The van der Waals surface area contributed by atoms with Gasteiger partial charge in [0.25, 0.3) is 5.91 Å². The molecule has 0 saturated heterocycles. The smallest absolute Gasteiger partial charge is 0.262 e. The molecule has 1 N–H and O–H groups in total. The Morgan fingerprint density at radius 1 is 1.23 bits per heavy atom. The number of amides is 2. The molecule has 0 spiro atoms. The maximum atomic E-state index is 13.0. The Bertz CT molecular complexity index is 1060. The lowest BCUT2D eigenvalue weighted by atomic mass is 10.2. The lowest BCUT2D eigenvalue weighted by Crippen LogP contribution is -2.40. The lowest BCUT2D eigenvalue weighted by Gasteiger charge is -2.25. The first-order valence-electron chi connectivity index (χ1n) is 9.26. The van der Waals surface area contributed by atoms with Gasteiger partial charge in [-0.25, -0.2) is 8.42 Å². The molecule has 0 fully saturated rings. The Labute approximate surface area is 180 Å². The first kappa shape index (κ1) is 22.1. The minimum absolute atomic E-state index is 0.0736. The number of hydrogen-bond acceptors (Lipinski definition) is 5. The third-order valence-electron chi connectivity index (χ3n) is 4.66. The molecule has 0 radical (unpaired) electrons. The zero-order chi connectivity index (χ0) is 21.9. The molecule has 2 amide bonds. The molecule has 0 aromatic heterocycles. The van der Waals surface area contributed by atoms with Crippen molar-refractivity contribution in [1.29, 1.82) is 0 Å². The van der Waals surface area contributed by atoms with Crippen LogP contribution in [0.2, 0.25) is 5.02 Å². The van der Waals surface area contributed by atoms with Crippen LogP contribution in [0.1, 0.15) is 12.5 Å². The second-order valence-electron chi connectivity index (χ2n) is 6.77. The largest absolute Gasteiger partial charge is 0.482 e. The van der Waals surface area contributed by atoms with E-state index in [1.807, 2.05) is 37.3 Å². The molecular formula is C20H22ClN3O5S. The predicted octanol–water partition coefficient (Wildman–Crippen LogP) is 2.34. The van der Waals surface area contributed by atoms with Crippen molar-refractivity contribution in [3.05, 3.63) is 53.1 Å². The van der Waals surface area contributed by atoms with Crippen LogP contribution in [0.25, 0.3) is 0 Å². The van der Waals surface area contributed by atoms with Gasteiger partial charge in [-0.1, -0.05) is 41.9 Å².